The third-order valence-corrected chi connectivity index (χ3v) is 9.99. The molecule has 0 nitrogen and oxygen atoms in total. The van der Waals surface area contributed by atoms with Gasteiger partial charge in [-0.1, -0.05) is 84.9 Å². The monoisotopic (exact) mass is 541 g/mol. The van der Waals surface area contributed by atoms with Gasteiger partial charge in [0.25, 0.3) is 0 Å². The van der Waals surface area contributed by atoms with E-state index in [0.717, 1.165) is 0 Å². The molecule has 0 aromatic heterocycles. The van der Waals surface area contributed by atoms with E-state index in [4.69, 9.17) is 0 Å². The predicted octanol–water partition coefficient (Wildman–Crippen LogP) is 8.24. The van der Waals surface area contributed by atoms with Crippen LogP contribution in [0.3, 0.4) is 0 Å². The molecule has 0 spiro atoms. The van der Waals surface area contributed by atoms with Crippen molar-refractivity contribution in [2.45, 2.75) is 0 Å². The topological polar surface area (TPSA) is 0 Å². The summed E-state index contributed by atoms with van der Waals surface area (Å²) in [6.07, 6.45) is -0.241. The van der Waals surface area contributed by atoms with Crippen molar-refractivity contribution < 1.29 is 17.8 Å². The third kappa shape index (κ3) is 5.02. The van der Waals surface area contributed by atoms with Gasteiger partial charge in [-0.3, -0.25) is 0 Å². The molecule has 0 aliphatic heterocycles. The zero-order chi connectivity index (χ0) is 23.2. The van der Waals surface area contributed by atoms with Crippen LogP contribution in [-0.4, -0.2) is 0 Å². The minimum Gasteiger partial charge on any atom is -0.0616 e. The molecule has 0 N–H and O–H groups in total. The molecule has 34 heavy (non-hydrogen) atoms. The summed E-state index contributed by atoms with van der Waals surface area (Å²) in [5.74, 6) is 0. The van der Waals surface area contributed by atoms with Gasteiger partial charge in [-0.05, 0) is 32.7 Å². The molecule has 0 radical (unpaired) electrons. The summed E-state index contributed by atoms with van der Waals surface area (Å²) in [7, 11) is 0. The van der Waals surface area contributed by atoms with Gasteiger partial charge in [-0.2, -0.15) is 0 Å². The molecular formula is C32H24PRu. The Kier molecular flexibility index (Phi) is 7.26. The fourth-order valence-corrected chi connectivity index (χ4v) is 6.89. The number of hydrogen-bond acceptors (Lipinski definition) is 0. The van der Waals surface area contributed by atoms with E-state index in [-0.39, 0.29) is 6.25 Å². The second-order valence-corrected chi connectivity index (χ2v) is 11.9. The molecule has 165 valence electrons. The molecule has 0 heterocycles. The molecule has 0 bridgehead atoms. The number of hydrogen-bond donors (Lipinski definition) is 0. The fourth-order valence-electron chi connectivity index (χ4n) is 4.18. The second kappa shape index (κ2) is 10.9. The van der Waals surface area contributed by atoms with Crippen molar-refractivity contribution in [1.29, 1.82) is 0 Å². The predicted molar refractivity (Wildman–Crippen MR) is 146 cm³/mol. The second-order valence-electron chi connectivity index (χ2n) is 7.99. The molecule has 0 aliphatic carbocycles. The van der Waals surface area contributed by atoms with E-state index in [9.17, 15) is 0 Å². The molecule has 0 amide bonds. The Morgan fingerprint density at radius 1 is 0.353 bits per heavy atom. The van der Waals surface area contributed by atoms with Crippen molar-refractivity contribution in [3.8, 4) is 11.1 Å². The van der Waals surface area contributed by atoms with E-state index < -0.39 is 0 Å². The van der Waals surface area contributed by atoms with Crippen molar-refractivity contribution >= 4 is 38.4 Å². The van der Waals surface area contributed by atoms with Crippen LogP contribution in [0.5, 0.6) is 0 Å². The Hall–Kier alpha value is -3.11. The molecule has 6 rings (SSSR count). The Bertz CT molecular complexity index is 1380. The maximum atomic E-state index is 2.85. The van der Waals surface area contributed by atoms with E-state index in [1.54, 1.807) is 0 Å². The van der Waals surface area contributed by atoms with Crippen LogP contribution in [0.1, 0.15) is 0 Å². The molecule has 0 fully saturated rings. The maximum absolute atomic E-state index is 2.85. The Balaban J connectivity index is 0.000000152. The van der Waals surface area contributed by atoms with Crippen LogP contribution in [0.4, 0.5) is 0 Å². The number of benzene rings is 6. The standard InChI is InChI=1S/C20H14.C12H10P.Ru/c1-3-11-17-15(7-1)9-5-13-19(17)20-14-6-10-16-8-2-4-12-18(16)20;1-3-7-11(8-4-1)13-12-9-5-2-6-10-12;/h1-14H;1-10H;/q;-1;+1. The summed E-state index contributed by atoms with van der Waals surface area (Å²) in [5, 5.41) is 8.02. The van der Waals surface area contributed by atoms with Crippen LogP contribution in [0, 0.1) is 0 Å². The van der Waals surface area contributed by atoms with Crippen LogP contribution in [0.25, 0.3) is 32.7 Å². The number of rotatable bonds is 3. The van der Waals surface area contributed by atoms with E-state index in [1.807, 2.05) is 0 Å². The first kappa shape index (κ1) is 22.7. The molecule has 0 saturated carbocycles. The largest absolute Gasteiger partial charge is 0.0616 e. The van der Waals surface area contributed by atoms with Gasteiger partial charge in [0, 0.05) is 0 Å². The first-order valence-electron chi connectivity index (χ1n) is 11.3. The smallest absolute Gasteiger partial charge is 0.00992 e. The fraction of sp³-hybridized carbons (Fsp3) is 0. The number of fused-ring (bicyclic) bond motifs is 2. The molecule has 0 saturated heterocycles. The van der Waals surface area contributed by atoms with Crippen molar-refractivity contribution in [3.63, 3.8) is 0 Å². The average molecular weight is 541 g/mol. The van der Waals surface area contributed by atoms with Crippen LogP contribution in [0.15, 0.2) is 146 Å². The Labute approximate surface area is 212 Å². The molecule has 6 aromatic rings. The third-order valence-electron chi connectivity index (χ3n) is 5.82. The summed E-state index contributed by atoms with van der Waals surface area (Å²) in [6, 6.07) is 51.5. The molecule has 0 aliphatic rings. The summed E-state index contributed by atoms with van der Waals surface area (Å²) >= 11 is 2.85. The van der Waals surface area contributed by atoms with E-state index in [2.05, 4.69) is 163 Å². The van der Waals surface area contributed by atoms with E-state index in [1.165, 1.54) is 43.3 Å². The minimum atomic E-state index is -0.241. The summed E-state index contributed by atoms with van der Waals surface area (Å²) < 4.78 is 0. The normalized spacial score (nSPS) is 10.8. The first-order valence-corrected chi connectivity index (χ1v) is 14.9. The molecular weight excluding hydrogens is 516 g/mol. The van der Waals surface area contributed by atoms with Crippen LogP contribution < -0.4 is 10.6 Å². The van der Waals surface area contributed by atoms with Gasteiger partial charge in [0.05, 0.1) is 0 Å². The quantitative estimate of drug-likeness (QED) is 0.157. The van der Waals surface area contributed by atoms with Crippen molar-refractivity contribution in [2.75, 3.05) is 0 Å². The van der Waals surface area contributed by atoms with E-state index >= 15 is 0 Å². The van der Waals surface area contributed by atoms with Crippen molar-refractivity contribution in [3.05, 3.63) is 146 Å². The van der Waals surface area contributed by atoms with Gasteiger partial charge < -0.3 is 0 Å². The molecule has 6 aromatic carbocycles. The van der Waals surface area contributed by atoms with Crippen molar-refractivity contribution in [1.82, 2.24) is 0 Å². The van der Waals surface area contributed by atoms with Gasteiger partial charge in [-0.25, -0.2) is 0 Å². The van der Waals surface area contributed by atoms with Gasteiger partial charge in [-0.15, -0.1) is 0 Å². The average Bonchev–Trinajstić information content (AvgIpc) is 2.93. The zero-order valence-electron chi connectivity index (χ0n) is 18.7. The van der Waals surface area contributed by atoms with Crippen LogP contribution in [-0.2, 0) is 17.8 Å². The SMILES string of the molecule is [Ru][P](c1ccccc1)c1ccccc1.c1ccc2c(-c3cccc4ccccc34)cccc2c1. The first-order chi connectivity index (χ1) is 16.8. The van der Waals surface area contributed by atoms with Gasteiger partial charge in [0.1, 0.15) is 0 Å². The van der Waals surface area contributed by atoms with Gasteiger partial charge in [0.15, 0.2) is 0 Å². The Morgan fingerprint density at radius 3 is 1.15 bits per heavy atom. The Morgan fingerprint density at radius 2 is 0.706 bits per heavy atom. The molecule has 0 atom stereocenters. The van der Waals surface area contributed by atoms with Crippen LogP contribution >= 0.6 is 6.25 Å². The van der Waals surface area contributed by atoms with Gasteiger partial charge in [0.2, 0.25) is 0 Å². The van der Waals surface area contributed by atoms with Crippen molar-refractivity contribution in [2.24, 2.45) is 0 Å². The minimum absolute atomic E-state index is 0.241. The summed E-state index contributed by atoms with van der Waals surface area (Å²) in [4.78, 5) is 0. The molecule has 0 unspecified atom stereocenters. The maximum Gasteiger partial charge on any atom is -0.00992 e. The summed E-state index contributed by atoms with van der Waals surface area (Å²) in [6.45, 7) is 0. The summed E-state index contributed by atoms with van der Waals surface area (Å²) in [5.41, 5.74) is 2.61. The van der Waals surface area contributed by atoms with E-state index in [0.29, 0.717) is 0 Å². The van der Waals surface area contributed by atoms with Gasteiger partial charge >= 0.3 is 95.3 Å². The molecule has 2 heteroatoms. The van der Waals surface area contributed by atoms with Crippen LogP contribution in [0.2, 0.25) is 0 Å². The zero-order valence-corrected chi connectivity index (χ0v) is 21.3.